The number of methoxy groups -OCH3 is 1. The molecule has 3 unspecified atom stereocenters. The summed E-state index contributed by atoms with van der Waals surface area (Å²) in [5.74, 6) is 0.690. The van der Waals surface area contributed by atoms with Crippen molar-refractivity contribution in [2.45, 2.75) is 57.7 Å². The quantitative estimate of drug-likeness (QED) is 0.597. The van der Waals surface area contributed by atoms with Crippen molar-refractivity contribution < 1.29 is 14.6 Å². The van der Waals surface area contributed by atoms with Crippen LogP contribution in [0.25, 0.3) is 0 Å². The predicted octanol–water partition coefficient (Wildman–Crippen LogP) is 1.96. The average molecular weight is 273 g/mol. The maximum atomic E-state index is 9.88. The summed E-state index contributed by atoms with van der Waals surface area (Å²) in [6.45, 7) is 4.94. The van der Waals surface area contributed by atoms with Crippen molar-refractivity contribution in [3.8, 4) is 0 Å². The van der Waals surface area contributed by atoms with Crippen molar-refractivity contribution in [3.63, 3.8) is 0 Å². The van der Waals surface area contributed by atoms with Crippen LogP contribution in [0.5, 0.6) is 0 Å². The zero-order valence-corrected chi connectivity index (χ0v) is 12.6. The molecule has 0 aliphatic heterocycles. The van der Waals surface area contributed by atoms with Gasteiger partial charge in [-0.1, -0.05) is 26.2 Å². The first kappa shape index (κ1) is 16.9. The van der Waals surface area contributed by atoms with Crippen molar-refractivity contribution in [1.82, 2.24) is 5.32 Å². The molecular formula is C15H31NO3. The van der Waals surface area contributed by atoms with Gasteiger partial charge in [-0.3, -0.25) is 0 Å². The largest absolute Gasteiger partial charge is 0.389 e. The Morgan fingerprint density at radius 2 is 2.11 bits per heavy atom. The molecule has 0 radical (unpaired) electrons. The highest BCUT2D eigenvalue weighted by Crippen LogP contribution is 2.29. The Hall–Kier alpha value is -0.160. The van der Waals surface area contributed by atoms with Gasteiger partial charge in [0.05, 0.1) is 18.8 Å². The predicted molar refractivity (Wildman–Crippen MR) is 77.4 cm³/mol. The molecule has 3 atom stereocenters. The molecule has 114 valence electrons. The van der Waals surface area contributed by atoms with E-state index in [0.29, 0.717) is 25.2 Å². The van der Waals surface area contributed by atoms with Crippen molar-refractivity contribution in [2.24, 2.45) is 5.92 Å². The van der Waals surface area contributed by atoms with Gasteiger partial charge in [0.2, 0.25) is 0 Å². The van der Waals surface area contributed by atoms with Crippen LogP contribution >= 0.6 is 0 Å². The van der Waals surface area contributed by atoms with Crippen molar-refractivity contribution in [2.75, 3.05) is 33.4 Å². The molecule has 1 saturated carbocycles. The lowest BCUT2D eigenvalue weighted by Gasteiger charge is -2.31. The third-order valence-corrected chi connectivity index (χ3v) is 3.95. The molecule has 4 heteroatoms. The van der Waals surface area contributed by atoms with Gasteiger partial charge < -0.3 is 19.9 Å². The Morgan fingerprint density at radius 3 is 2.84 bits per heavy atom. The molecule has 1 aliphatic rings. The van der Waals surface area contributed by atoms with Crippen LogP contribution in [0.1, 0.15) is 45.4 Å². The molecule has 0 aromatic carbocycles. The van der Waals surface area contributed by atoms with Gasteiger partial charge in [0.15, 0.2) is 0 Å². The summed E-state index contributed by atoms with van der Waals surface area (Å²) in [5, 5.41) is 13.1. The second-order valence-electron chi connectivity index (χ2n) is 5.53. The summed E-state index contributed by atoms with van der Waals surface area (Å²) >= 11 is 0. The molecule has 0 heterocycles. The third kappa shape index (κ3) is 7.25. The maximum absolute atomic E-state index is 9.88. The maximum Gasteiger partial charge on any atom is 0.0897 e. The number of hydrogen-bond donors (Lipinski definition) is 2. The van der Waals surface area contributed by atoms with E-state index in [4.69, 9.17) is 9.47 Å². The number of nitrogens with one attached hydrogen (secondary N) is 1. The molecule has 0 saturated heterocycles. The molecule has 19 heavy (non-hydrogen) atoms. The van der Waals surface area contributed by atoms with E-state index in [2.05, 4.69) is 12.2 Å². The van der Waals surface area contributed by atoms with Crippen LogP contribution in [0.15, 0.2) is 0 Å². The summed E-state index contributed by atoms with van der Waals surface area (Å²) in [4.78, 5) is 0. The van der Waals surface area contributed by atoms with Crippen molar-refractivity contribution in [3.05, 3.63) is 0 Å². The monoisotopic (exact) mass is 273 g/mol. The highest BCUT2D eigenvalue weighted by Gasteiger charge is 2.24. The number of aliphatic hydroxyl groups excluding tert-OH is 1. The van der Waals surface area contributed by atoms with Crippen LogP contribution in [0.3, 0.4) is 0 Å². The van der Waals surface area contributed by atoms with E-state index in [9.17, 15) is 5.11 Å². The van der Waals surface area contributed by atoms with E-state index in [1.807, 2.05) is 0 Å². The fourth-order valence-corrected chi connectivity index (χ4v) is 2.76. The lowest BCUT2D eigenvalue weighted by molar-refractivity contribution is -0.0498. The molecule has 2 N–H and O–H groups in total. The van der Waals surface area contributed by atoms with Crippen LogP contribution in [0.2, 0.25) is 0 Å². The zero-order valence-electron chi connectivity index (χ0n) is 12.6. The minimum absolute atomic E-state index is 0.363. The zero-order chi connectivity index (χ0) is 13.9. The summed E-state index contributed by atoms with van der Waals surface area (Å²) in [6.07, 6.45) is 7.18. The van der Waals surface area contributed by atoms with Gasteiger partial charge in [0.1, 0.15) is 0 Å². The van der Waals surface area contributed by atoms with Crippen LogP contribution in [0.4, 0.5) is 0 Å². The average Bonchev–Trinajstić information content (AvgIpc) is 2.45. The molecule has 0 aromatic rings. The Kier molecular flexibility index (Phi) is 9.43. The van der Waals surface area contributed by atoms with Crippen LogP contribution in [-0.2, 0) is 9.47 Å². The van der Waals surface area contributed by atoms with Gasteiger partial charge in [-0.05, 0) is 31.7 Å². The fraction of sp³-hybridized carbons (Fsp3) is 1.00. The fourth-order valence-electron chi connectivity index (χ4n) is 2.76. The normalized spacial score (nSPS) is 25.4. The number of rotatable bonds is 10. The summed E-state index contributed by atoms with van der Waals surface area (Å²) in [7, 11) is 1.71. The topological polar surface area (TPSA) is 50.7 Å². The van der Waals surface area contributed by atoms with Gasteiger partial charge in [0.25, 0.3) is 0 Å². The van der Waals surface area contributed by atoms with Crippen LogP contribution in [-0.4, -0.2) is 50.7 Å². The van der Waals surface area contributed by atoms with E-state index in [-0.39, 0.29) is 0 Å². The van der Waals surface area contributed by atoms with Crippen molar-refractivity contribution >= 4 is 0 Å². The molecule has 0 bridgehead atoms. The lowest BCUT2D eigenvalue weighted by atomic mass is 9.85. The first-order chi connectivity index (χ1) is 9.27. The van der Waals surface area contributed by atoms with Gasteiger partial charge >= 0.3 is 0 Å². The summed E-state index contributed by atoms with van der Waals surface area (Å²) in [5.41, 5.74) is 0. The van der Waals surface area contributed by atoms with E-state index < -0.39 is 6.10 Å². The molecule has 1 fully saturated rings. The Morgan fingerprint density at radius 1 is 1.32 bits per heavy atom. The number of hydrogen-bond acceptors (Lipinski definition) is 4. The van der Waals surface area contributed by atoms with Gasteiger partial charge in [0, 0.05) is 20.3 Å². The van der Waals surface area contributed by atoms with Crippen LogP contribution < -0.4 is 5.32 Å². The Bertz CT molecular complexity index is 214. The highest BCUT2D eigenvalue weighted by molar-refractivity contribution is 4.75. The van der Waals surface area contributed by atoms with Gasteiger partial charge in [-0.15, -0.1) is 0 Å². The smallest absolute Gasteiger partial charge is 0.0897 e. The van der Waals surface area contributed by atoms with Gasteiger partial charge in [-0.25, -0.2) is 0 Å². The van der Waals surface area contributed by atoms with Crippen LogP contribution in [0, 0.1) is 5.92 Å². The first-order valence-corrected chi connectivity index (χ1v) is 7.77. The third-order valence-electron chi connectivity index (χ3n) is 3.95. The van der Waals surface area contributed by atoms with Crippen molar-refractivity contribution in [1.29, 1.82) is 0 Å². The Labute approximate surface area is 117 Å². The molecular weight excluding hydrogens is 242 g/mol. The molecule has 0 aromatic heterocycles. The second kappa shape index (κ2) is 10.6. The van der Waals surface area contributed by atoms with Gasteiger partial charge in [-0.2, -0.15) is 0 Å². The van der Waals surface area contributed by atoms with E-state index in [0.717, 1.165) is 26.0 Å². The highest BCUT2D eigenvalue weighted by atomic mass is 16.5. The van der Waals surface area contributed by atoms with E-state index in [1.165, 1.54) is 25.7 Å². The van der Waals surface area contributed by atoms with E-state index >= 15 is 0 Å². The standard InChI is InChI=1S/C15H31NO3/c1-3-13-7-4-5-8-15(13)19-12-14(17)11-16-9-6-10-18-2/h13-17H,3-12H2,1-2H3. The second-order valence-corrected chi connectivity index (χ2v) is 5.53. The SMILES string of the molecule is CCC1CCCCC1OCC(O)CNCCCOC. The number of ether oxygens (including phenoxy) is 2. The minimum atomic E-state index is -0.401. The summed E-state index contributed by atoms with van der Waals surface area (Å²) in [6, 6.07) is 0. The Balaban J connectivity index is 2.06. The molecule has 1 rings (SSSR count). The molecule has 0 amide bonds. The van der Waals surface area contributed by atoms with E-state index in [1.54, 1.807) is 7.11 Å². The molecule has 1 aliphatic carbocycles. The number of aliphatic hydroxyl groups is 1. The first-order valence-electron chi connectivity index (χ1n) is 7.77. The lowest BCUT2D eigenvalue weighted by Crippen LogP contribution is -2.35. The minimum Gasteiger partial charge on any atom is -0.389 e. The molecule has 4 nitrogen and oxygen atoms in total. The summed E-state index contributed by atoms with van der Waals surface area (Å²) < 4.78 is 10.9. The molecule has 0 spiro atoms.